The Balaban J connectivity index is 1.62. The molecular weight excluding hydrogens is 328 g/mol. The number of aromatic nitrogens is 2. The predicted octanol–water partition coefficient (Wildman–Crippen LogP) is 3.55. The van der Waals surface area contributed by atoms with Crippen LogP contribution in [0.1, 0.15) is 23.1 Å². The van der Waals surface area contributed by atoms with Gasteiger partial charge in [0.25, 0.3) is 5.91 Å². The zero-order valence-electron chi connectivity index (χ0n) is 14.5. The smallest absolute Gasteiger partial charge is 0.270 e. The molecule has 3 rings (SSSR count). The number of pyridine rings is 2. The summed E-state index contributed by atoms with van der Waals surface area (Å²) in [7, 11) is 0. The van der Waals surface area contributed by atoms with Crippen molar-refractivity contribution in [1.29, 1.82) is 0 Å². The molecule has 2 N–H and O–H groups in total. The van der Waals surface area contributed by atoms with Crippen LogP contribution >= 0.6 is 0 Å². The third-order valence-electron chi connectivity index (χ3n) is 3.60. The van der Waals surface area contributed by atoms with Crippen molar-refractivity contribution in [3.63, 3.8) is 0 Å². The molecule has 6 heteroatoms. The summed E-state index contributed by atoms with van der Waals surface area (Å²) in [5, 5.41) is 6.07. The van der Waals surface area contributed by atoms with Crippen molar-refractivity contribution in [2.24, 2.45) is 0 Å². The number of carbonyl (C=O) groups is 1. The second-order valence-corrected chi connectivity index (χ2v) is 5.52. The molecule has 26 heavy (non-hydrogen) atoms. The molecule has 0 aliphatic rings. The normalized spacial score (nSPS) is 10.2. The first-order valence-electron chi connectivity index (χ1n) is 8.38. The highest BCUT2D eigenvalue weighted by Crippen LogP contribution is 2.20. The molecule has 1 amide bonds. The summed E-state index contributed by atoms with van der Waals surface area (Å²) in [6.07, 6.45) is 3.30. The van der Waals surface area contributed by atoms with Gasteiger partial charge in [0, 0.05) is 23.8 Å². The van der Waals surface area contributed by atoms with Crippen LogP contribution in [0.3, 0.4) is 0 Å². The molecule has 3 aromatic rings. The number of nitrogens with zero attached hydrogens (tertiary/aromatic N) is 2. The first kappa shape index (κ1) is 17.4. The lowest BCUT2D eigenvalue weighted by molar-refractivity contribution is 0.0945. The van der Waals surface area contributed by atoms with Crippen molar-refractivity contribution in [3.05, 3.63) is 78.4 Å². The van der Waals surface area contributed by atoms with Gasteiger partial charge in [-0.15, -0.1) is 0 Å². The SMILES string of the molecule is CCOc1ccc(Nc2ccnc(C(=O)NCc3ccccn3)c2)cc1. The van der Waals surface area contributed by atoms with Gasteiger partial charge in [-0.2, -0.15) is 0 Å². The topological polar surface area (TPSA) is 76.1 Å². The van der Waals surface area contributed by atoms with Gasteiger partial charge in [-0.25, -0.2) is 0 Å². The van der Waals surface area contributed by atoms with Crippen LogP contribution < -0.4 is 15.4 Å². The molecule has 2 heterocycles. The highest BCUT2D eigenvalue weighted by atomic mass is 16.5. The molecule has 0 spiro atoms. The Hall–Kier alpha value is -3.41. The molecule has 0 fully saturated rings. The van der Waals surface area contributed by atoms with Gasteiger partial charge in [-0.3, -0.25) is 14.8 Å². The van der Waals surface area contributed by atoms with Gasteiger partial charge in [0.15, 0.2) is 0 Å². The maximum Gasteiger partial charge on any atom is 0.270 e. The molecule has 6 nitrogen and oxygen atoms in total. The Labute approximate surface area is 152 Å². The maximum atomic E-state index is 12.3. The molecular formula is C20H20N4O2. The van der Waals surface area contributed by atoms with Crippen LogP contribution in [-0.4, -0.2) is 22.5 Å². The number of ether oxygens (including phenoxy) is 1. The summed E-state index contributed by atoms with van der Waals surface area (Å²) in [5.41, 5.74) is 2.83. The number of nitrogens with one attached hydrogen (secondary N) is 2. The molecule has 0 unspecified atom stereocenters. The van der Waals surface area contributed by atoms with E-state index in [0.29, 0.717) is 18.8 Å². The third kappa shape index (κ3) is 4.80. The van der Waals surface area contributed by atoms with Crippen LogP contribution in [0.5, 0.6) is 5.75 Å². The number of anilines is 2. The van der Waals surface area contributed by atoms with Crippen LogP contribution in [0, 0.1) is 0 Å². The predicted molar refractivity (Wildman–Crippen MR) is 101 cm³/mol. The fraction of sp³-hybridized carbons (Fsp3) is 0.150. The van der Waals surface area contributed by atoms with E-state index in [4.69, 9.17) is 4.74 Å². The lowest BCUT2D eigenvalue weighted by Crippen LogP contribution is -2.24. The molecule has 0 radical (unpaired) electrons. The maximum absolute atomic E-state index is 12.3. The highest BCUT2D eigenvalue weighted by Gasteiger charge is 2.08. The highest BCUT2D eigenvalue weighted by molar-refractivity contribution is 5.93. The van der Waals surface area contributed by atoms with E-state index < -0.39 is 0 Å². The van der Waals surface area contributed by atoms with Crippen molar-refractivity contribution >= 4 is 17.3 Å². The van der Waals surface area contributed by atoms with Crippen molar-refractivity contribution in [2.45, 2.75) is 13.5 Å². The van der Waals surface area contributed by atoms with E-state index in [0.717, 1.165) is 22.8 Å². The van der Waals surface area contributed by atoms with Gasteiger partial charge in [-0.05, 0) is 55.5 Å². The summed E-state index contributed by atoms with van der Waals surface area (Å²) < 4.78 is 5.43. The van der Waals surface area contributed by atoms with Crippen molar-refractivity contribution in [2.75, 3.05) is 11.9 Å². The van der Waals surface area contributed by atoms with E-state index in [1.54, 1.807) is 18.5 Å². The minimum atomic E-state index is -0.244. The Bertz CT molecular complexity index is 851. The average molecular weight is 348 g/mol. The zero-order chi connectivity index (χ0) is 18.2. The molecule has 0 atom stereocenters. The molecule has 0 aliphatic heterocycles. The number of rotatable bonds is 7. The standard InChI is InChI=1S/C20H20N4O2/c1-2-26-18-8-6-15(7-9-18)24-16-10-12-22-19(13-16)20(25)23-14-17-5-3-4-11-21-17/h3-13H,2,14H2,1H3,(H,22,24)(H,23,25). The summed E-state index contributed by atoms with van der Waals surface area (Å²) in [6, 6.07) is 16.7. The Kier molecular flexibility index (Phi) is 5.77. The Morgan fingerprint density at radius 1 is 1.00 bits per heavy atom. The number of hydrogen-bond donors (Lipinski definition) is 2. The third-order valence-corrected chi connectivity index (χ3v) is 3.60. The number of carbonyl (C=O) groups excluding carboxylic acids is 1. The molecule has 0 aliphatic carbocycles. The average Bonchev–Trinajstić information content (AvgIpc) is 2.69. The molecule has 132 valence electrons. The first-order valence-corrected chi connectivity index (χ1v) is 8.38. The second-order valence-electron chi connectivity index (χ2n) is 5.52. The fourth-order valence-electron chi connectivity index (χ4n) is 2.36. The van der Waals surface area contributed by atoms with E-state index in [-0.39, 0.29) is 5.91 Å². The van der Waals surface area contributed by atoms with Crippen LogP contribution in [0.4, 0.5) is 11.4 Å². The Morgan fingerprint density at radius 2 is 1.85 bits per heavy atom. The largest absolute Gasteiger partial charge is 0.494 e. The van der Waals surface area contributed by atoms with Crippen molar-refractivity contribution < 1.29 is 9.53 Å². The lowest BCUT2D eigenvalue weighted by atomic mass is 10.2. The van der Waals surface area contributed by atoms with E-state index in [1.165, 1.54) is 0 Å². The second kappa shape index (κ2) is 8.62. The van der Waals surface area contributed by atoms with Gasteiger partial charge in [0.2, 0.25) is 0 Å². The monoisotopic (exact) mass is 348 g/mol. The summed E-state index contributed by atoms with van der Waals surface area (Å²) in [5.74, 6) is 0.577. The molecule has 0 bridgehead atoms. The first-order chi connectivity index (χ1) is 12.7. The van der Waals surface area contributed by atoms with Gasteiger partial charge in [-0.1, -0.05) is 6.07 Å². The Morgan fingerprint density at radius 3 is 2.58 bits per heavy atom. The van der Waals surface area contributed by atoms with E-state index in [9.17, 15) is 4.79 Å². The van der Waals surface area contributed by atoms with Gasteiger partial charge < -0.3 is 15.4 Å². The van der Waals surface area contributed by atoms with Gasteiger partial charge >= 0.3 is 0 Å². The van der Waals surface area contributed by atoms with Crippen LogP contribution in [0.2, 0.25) is 0 Å². The van der Waals surface area contributed by atoms with E-state index >= 15 is 0 Å². The summed E-state index contributed by atoms with van der Waals surface area (Å²) in [4.78, 5) is 20.6. The minimum Gasteiger partial charge on any atom is -0.494 e. The van der Waals surface area contributed by atoms with Gasteiger partial charge in [0.05, 0.1) is 18.8 Å². The van der Waals surface area contributed by atoms with Crippen LogP contribution in [0.25, 0.3) is 0 Å². The quantitative estimate of drug-likeness (QED) is 0.683. The molecule has 2 aromatic heterocycles. The molecule has 1 aromatic carbocycles. The van der Waals surface area contributed by atoms with Crippen LogP contribution in [-0.2, 0) is 6.54 Å². The van der Waals surface area contributed by atoms with E-state index in [2.05, 4.69) is 20.6 Å². The van der Waals surface area contributed by atoms with Crippen LogP contribution in [0.15, 0.2) is 67.0 Å². The van der Waals surface area contributed by atoms with Crippen molar-refractivity contribution in [1.82, 2.24) is 15.3 Å². The van der Waals surface area contributed by atoms with Crippen molar-refractivity contribution in [3.8, 4) is 5.75 Å². The molecule has 0 saturated heterocycles. The van der Waals surface area contributed by atoms with Gasteiger partial charge in [0.1, 0.15) is 11.4 Å². The number of amides is 1. The number of hydrogen-bond acceptors (Lipinski definition) is 5. The fourth-order valence-corrected chi connectivity index (χ4v) is 2.36. The zero-order valence-corrected chi connectivity index (χ0v) is 14.5. The summed E-state index contributed by atoms with van der Waals surface area (Å²) >= 11 is 0. The minimum absolute atomic E-state index is 0.244. The summed E-state index contributed by atoms with van der Waals surface area (Å²) in [6.45, 7) is 2.94. The van der Waals surface area contributed by atoms with E-state index in [1.807, 2.05) is 55.5 Å². The lowest BCUT2D eigenvalue weighted by Gasteiger charge is -2.09. The number of benzene rings is 1. The molecule has 0 saturated carbocycles.